The van der Waals surface area contributed by atoms with E-state index < -0.39 is 5.41 Å². The third-order valence-corrected chi connectivity index (χ3v) is 5.94. The van der Waals surface area contributed by atoms with Crippen LogP contribution in [0.1, 0.15) is 36.7 Å². The van der Waals surface area contributed by atoms with Gasteiger partial charge in [0.15, 0.2) is 0 Å². The number of aromatic nitrogens is 2. The number of aryl methyl sites for hydroxylation is 1. The van der Waals surface area contributed by atoms with E-state index >= 15 is 0 Å². The lowest BCUT2D eigenvalue weighted by molar-refractivity contribution is -0.159. The first-order valence-corrected chi connectivity index (χ1v) is 10.9. The van der Waals surface area contributed by atoms with E-state index in [0.717, 1.165) is 42.9 Å². The van der Waals surface area contributed by atoms with Crippen LogP contribution in [0.2, 0.25) is 0 Å². The molecule has 1 aliphatic heterocycles. The number of hydrogen-bond donors (Lipinski definition) is 0. The highest BCUT2D eigenvalue weighted by atomic mass is 16.5. The first kappa shape index (κ1) is 21.2. The molecule has 162 valence electrons. The second-order valence-corrected chi connectivity index (χ2v) is 8.39. The quantitative estimate of drug-likeness (QED) is 0.528. The van der Waals surface area contributed by atoms with E-state index in [0.29, 0.717) is 19.6 Å². The number of benzene rings is 1. The van der Waals surface area contributed by atoms with Gasteiger partial charge in [0.25, 0.3) is 0 Å². The summed E-state index contributed by atoms with van der Waals surface area (Å²) in [5.41, 5.74) is 3.55. The molecule has 3 heterocycles. The Hall–Kier alpha value is -2.99. The zero-order chi connectivity index (χ0) is 21.7. The number of pyridine rings is 1. The van der Waals surface area contributed by atoms with Crippen molar-refractivity contribution in [2.75, 3.05) is 19.7 Å². The van der Waals surface area contributed by atoms with Crippen LogP contribution in [0.4, 0.5) is 0 Å². The van der Waals surface area contributed by atoms with Crippen molar-refractivity contribution in [2.45, 2.75) is 39.7 Å². The second-order valence-electron chi connectivity index (χ2n) is 8.39. The molecule has 0 saturated carbocycles. The van der Waals surface area contributed by atoms with E-state index in [4.69, 9.17) is 9.26 Å². The molecule has 0 bridgehead atoms. The number of likely N-dealkylation sites (tertiary alicyclic amines) is 1. The van der Waals surface area contributed by atoms with Crippen LogP contribution in [0.5, 0.6) is 0 Å². The average Bonchev–Trinajstić information content (AvgIpc) is 3.23. The highest BCUT2D eigenvalue weighted by molar-refractivity contribution is 5.77. The molecular formula is C25H29N3O3. The lowest BCUT2D eigenvalue weighted by Gasteiger charge is -2.40. The Morgan fingerprint density at radius 2 is 1.97 bits per heavy atom. The monoisotopic (exact) mass is 419 g/mol. The maximum absolute atomic E-state index is 13.1. The minimum absolute atomic E-state index is 0.150. The Labute approximate surface area is 183 Å². The molecule has 1 atom stereocenters. The molecule has 0 spiro atoms. The first-order valence-electron chi connectivity index (χ1n) is 10.9. The standard InChI is InChI=1S/C25H29N3O3/c1-3-30-24(29)25(11-4-14-28(18-25)17-20-9-12-26-13-10-20)16-22-15-23(27-31-22)21-7-5-19(2)6-8-21/h5-10,12-13,15H,3-4,11,14,16-18H2,1-2H3/t25-/m0/s1. The Morgan fingerprint density at radius 3 is 2.71 bits per heavy atom. The SMILES string of the molecule is CCOC(=O)[C@]1(Cc2cc(-c3ccc(C)cc3)no2)CCCN(Cc2ccncc2)C1. The third kappa shape index (κ3) is 5.02. The summed E-state index contributed by atoms with van der Waals surface area (Å²) in [6.07, 6.45) is 5.80. The molecule has 6 heteroatoms. The predicted molar refractivity (Wildman–Crippen MR) is 118 cm³/mol. The first-order chi connectivity index (χ1) is 15.1. The van der Waals surface area contributed by atoms with E-state index in [1.54, 1.807) is 12.4 Å². The summed E-state index contributed by atoms with van der Waals surface area (Å²) >= 11 is 0. The normalized spacial score (nSPS) is 19.3. The van der Waals surface area contributed by atoms with Crippen molar-refractivity contribution < 1.29 is 14.1 Å². The number of piperidine rings is 1. The van der Waals surface area contributed by atoms with E-state index in [1.165, 1.54) is 11.1 Å². The second kappa shape index (κ2) is 9.43. The minimum Gasteiger partial charge on any atom is -0.466 e. The van der Waals surface area contributed by atoms with Crippen molar-refractivity contribution in [2.24, 2.45) is 5.41 Å². The highest BCUT2D eigenvalue weighted by Crippen LogP contribution is 2.36. The average molecular weight is 420 g/mol. The zero-order valence-electron chi connectivity index (χ0n) is 18.2. The molecule has 1 aromatic carbocycles. The van der Waals surface area contributed by atoms with Crippen molar-refractivity contribution in [1.82, 2.24) is 15.0 Å². The van der Waals surface area contributed by atoms with Gasteiger partial charge in [-0.15, -0.1) is 0 Å². The number of hydrogen-bond acceptors (Lipinski definition) is 6. The van der Waals surface area contributed by atoms with Crippen molar-refractivity contribution in [3.63, 3.8) is 0 Å². The van der Waals surface area contributed by atoms with Crippen LogP contribution in [0.15, 0.2) is 59.4 Å². The number of ether oxygens (including phenoxy) is 1. The molecule has 0 aliphatic carbocycles. The van der Waals surface area contributed by atoms with Crippen LogP contribution in [-0.4, -0.2) is 40.7 Å². The topological polar surface area (TPSA) is 68.5 Å². The summed E-state index contributed by atoms with van der Waals surface area (Å²) < 4.78 is 11.2. The van der Waals surface area contributed by atoms with Crippen LogP contribution >= 0.6 is 0 Å². The molecular weight excluding hydrogens is 390 g/mol. The van der Waals surface area contributed by atoms with Gasteiger partial charge in [0.1, 0.15) is 11.5 Å². The smallest absolute Gasteiger partial charge is 0.313 e. The largest absolute Gasteiger partial charge is 0.466 e. The summed E-state index contributed by atoms with van der Waals surface area (Å²) in [6.45, 7) is 6.66. The fourth-order valence-electron chi connectivity index (χ4n) is 4.37. The maximum atomic E-state index is 13.1. The van der Waals surface area contributed by atoms with Gasteiger partial charge in [-0.05, 0) is 50.9 Å². The molecule has 1 saturated heterocycles. The minimum atomic E-state index is -0.634. The number of rotatable bonds is 7. The Bertz CT molecular complexity index is 1000. The van der Waals surface area contributed by atoms with Gasteiger partial charge >= 0.3 is 5.97 Å². The number of nitrogens with zero attached hydrogens (tertiary/aromatic N) is 3. The molecule has 0 radical (unpaired) electrons. The molecule has 4 rings (SSSR count). The van der Waals surface area contributed by atoms with E-state index in [9.17, 15) is 4.79 Å². The summed E-state index contributed by atoms with van der Waals surface area (Å²) in [5, 5.41) is 4.26. The summed E-state index contributed by atoms with van der Waals surface area (Å²) in [7, 11) is 0. The van der Waals surface area contributed by atoms with E-state index in [1.807, 2.05) is 37.3 Å². The summed E-state index contributed by atoms with van der Waals surface area (Å²) in [4.78, 5) is 19.5. The van der Waals surface area contributed by atoms with E-state index in [2.05, 4.69) is 34.1 Å². The Morgan fingerprint density at radius 1 is 1.19 bits per heavy atom. The fourth-order valence-corrected chi connectivity index (χ4v) is 4.37. The lowest BCUT2D eigenvalue weighted by Crippen LogP contribution is -2.49. The molecule has 0 amide bonds. The van der Waals surface area contributed by atoms with Crippen LogP contribution in [0.3, 0.4) is 0 Å². The van der Waals surface area contributed by atoms with E-state index in [-0.39, 0.29) is 5.97 Å². The number of esters is 1. The van der Waals surface area contributed by atoms with Gasteiger partial charge in [-0.2, -0.15) is 0 Å². The molecule has 1 aliphatic rings. The van der Waals surface area contributed by atoms with Crippen molar-refractivity contribution in [3.8, 4) is 11.3 Å². The van der Waals surface area contributed by atoms with Gasteiger partial charge in [0, 0.05) is 43.5 Å². The molecule has 3 aromatic rings. The van der Waals surface area contributed by atoms with Crippen LogP contribution in [0.25, 0.3) is 11.3 Å². The number of carbonyl (C=O) groups excluding carboxylic acids is 1. The molecule has 6 nitrogen and oxygen atoms in total. The maximum Gasteiger partial charge on any atom is 0.313 e. The summed E-state index contributed by atoms with van der Waals surface area (Å²) in [6, 6.07) is 14.2. The molecule has 0 unspecified atom stereocenters. The van der Waals surface area contributed by atoms with Gasteiger partial charge in [0.2, 0.25) is 0 Å². The highest BCUT2D eigenvalue weighted by Gasteiger charge is 2.44. The fraction of sp³-hybridized carbons (Fsp3) is 0.400. The predicted octanol–water partition coefficient (Wildman–Crippen LogP) is 4.43. The molecule has 1 fully saturated rings. The van der Waals surface area contributed by atoms with Crippen molar-refractivity contribution in [3.05, 3.63) is 71.7 Å². The van der Waals surface area contributed by atoms with Crippen LogP contribution < -0.4 is 0 Å². The van der Waals surface area contributed by atoms with Gasteiger partial charge in [-0.25, -0.2) is 0 Å². The molecule has 2 aromatic heterocycles. The van der Waals surface area contributed by atoms with Gasteiger partial charge in [0.05, 0.1) is 12.0 Å². The summed E-state index contributed by atoms with van der Waals surface area (Å²) in [5.74, 6) is 0.567. The Kier molecular flexibility index (Phi) is 6.47. The van der Waals surface area contributed by atoms with Gasteiger partial charge < -0.3 is 9.26 Å². The zero-order valence-corrected chi connectivity index (χ0v) is 18.2. The Balaban J connectivity index is 1.55. The third-order valence-electron chi connectivity index (χ3n) is 5.94. The van der Waals surface area contributed by atoms with Gasteiger partial charge in [-0.1, -0.05) is 35.0 Å². The molecule has 31 heavy (non-hydrogen) atoms. The van der Waals surface area contributed by atoms with Crippen molar-refractivity contribution in [1.29, 1.82) is 0 Å². The van der Waals surface area contributed by atoms with Crippen LogP contribution in [0, 0.1) is 12.3 Å². The molecule has 0 N–H and O–H groups in total. The lowest BCUT2D eigenvalue weighted by atomic mass is 9.76. The number of carbonyl (C=O) groups is 1. The van der Waals surface area contributed by atoms with Crippen molar-refractivity contribution >= 4 is 5.97 Å². The van der Waals surface area contributed by atoms with Crippen LogP contribution in [-0.2, 0) is 22.5 Å². The van der Waals surface area contributed by atoms with Gasteiger partial charge in [-0.3, -0.25) is 14.7 Å².